The first-order chi connectivity index (χ1) is 13.6. The number of rotatable bonds is 7. The van der Waals surface area contributed by atoms with Crippen molar-refractivity contribution in [3.05, 3.63) is 59.8 Å². The van der Waals surface area contributed by atoms with Crippen molar-refractivity contribution in [2.75, 3.05) is 33.4 Å². The fourth-order valence-corrected chi connectivity index (χ4v) is 3.46. The summed E-state index contributed by atoms with van der Waals surface area (Å²) in [6.07, 6.45) is 3.06. The number of furan rings is 1. The number of piperidine rings is 1. The van der Waals surface area contributed by atoms with Crippen molar-refractivity contribution >= 4 is 11.8 Å². The van der Waals surface area contributed by atoms with Gasteiger partial charge in [-0.05, 0) is 49.2 Å². The minimum absolute atomic E-state index is 0.00921. The van der Waals surface area contributed by atoms with Crippen molar-refractivity contribution in [3.63, 3.8) is 0 Å². The van der Waals surface area contributed by atoms with Crippen LogP contribution in [-0.2, 0) is 16.1 Å². The Morgan fingerprint density at radius 2 is 2.07 bits per heavy atom. The Morgan fingerprint density at radius 3 is 2.75 bits per heavy atom. The summed E-state index contributed by atoms with van der Waals surface area (Å²) in [4.78, 5) is 29.2. The lowest BCUT2D eigenvalue weighted by Gasteiger charge is -2.35. The van der Waals surface area contributed by atoms with Gasteiger partial charge in [0, 0.05) is 32.3 Å². The lowest BCUT2D eigenvalue weighted by Crippen LogP contribution is -2.47. The first-order valence-corrected chi connectivity index (χ1v) is 9.43. The number of hydrogen-bond acceptors (Lipinski definition) is 4. The molecule has 1 saturated heterocycles. The summed E-state index contributed by atoms with van der Waals surface area (Å²) in [7, 11) is 1.60. The minimum Gasteiger partial charge on any atom is -0.467 e. The van der Waals surface area contributed by atoms with Crippen molar-refractivity contribution in [1.29, 1.82) is 0 Å². The quantitative estimate of drug-likeness (QED) is 0.732. The molecule has 0 bridgehead atoms. The third kappa shape index (κ3) is 4.98. The molecule has 150 valence electrons. The van der Waals surface area contributed by atoms with E-state index in [4.69, 9.17) is 9.15 Å². The van der Waals surface area contributed by atoms with E-state index >= 15 is 0 Å². The van der Waals surface area contributed by atoms with Gasteiger partial charge < -0.3 is 19.0 Å². The van der Waals surface area contributed by atoms with E-state index in [-0.39, 0.29) is 23.5 Å². The molecule has 1 atom stereocenters. The second-order valence-electron chi connectivity index (χ2n) is 6.93. The normalized spacial score (nSPS) is 16.8. The number of carbonyl (C=O) groups excluding carboxylic acids is 2. The Morgan fingerprint density at radius 1 is 1.29 bits per heavy atom. The van der Waals surface area contributed by atoms with Crippen LogP contribution in [0.5, 0.6) is 0 Å². The van der Waals surface area contributed by atoms with E-state index in [1.807, 2.05) is 6.07 Å². The molecule has 2 amide bonds. The van der Waals surface area contributed by atoms with Gasteiger partial charge >= 0.3 is 0 Å². The topological polar surface area (TPSA) is 63.0 Å². The number of likely N-dealkylation sites (tertiary alicyclic amines) is 1. The molecule has 1 fully saturated rings. The number of methoxy groups -OCH3 is 1. The minimum atomic E-state index is -0.380. The van der Waals surface area contributed by atoms with E-state index in [9.17, 15) is 14.0 Å². The molecule has 0 saturated carbocycles. The van der Waals surface area contributed by atoms with Gasteiger partial charge in [-0.1, -0.05) is 0 Å². The fraction of sp³-hybridized carbons (Fsp3) is 0.429. The molecular formula is C21H25FN2O4. The van der Waals surface area contributed by atoms with Crippen molar-refractivity contribution in [2.45, 2.75) is 19.4 Å². The second kappa shape index (κ2) is 9.50. The van der Waals surface area contributed by atoms with Crippen LogP contribution >= 0.6 is 0 Å². The summed E-state index contributed by atoms with van der Waals surface area (Å²) in [6.45, 7) is 2.21. The summed E-state index contributed by atoms with van der Waals surface area (Å²) in [5.74, 6) is -0.128. The molecule has 7 heteroatoms. The Kier molecular flexibility index (Phi) is 6.81. The van der Waals surface area contributed by atoms with Crippen LogP contribution in [0.1, 0.15) is 29.0 Å². The molecular weight excluding hydrogens is 363 g/mol. The summed E-state index contributed by atoms with van der Waals surface area (Å²) < 4.78 is 23.6. The van der Waals surface area contributed by atoms with E-state index < -0.39 is 0 Å². The van der Waals surface area contributed by atoms with Crippen molar-refractivity contribution in [2.24, 2.45) is 5.92 Å². The zero-order valence-electron chi connectivity index (χ0n) is 16.0. The van der Waals surface area contributed by atoms with Crippen LogP contribution in [0.15, 0.2) is 47.1 Å². The summed E-state index contributed by atoms with van der Waals surface area (Å²) in [6, 6.07) is 9.12. The highest BCUT2D eigenvalue weighted by Gasteiger charge is 2.31. The standard InChI is InChI=1S/C21H25FN2O4/c1-27-13-11-24(15-19-5-3-12-28-19)21(26)17-4-2-10-23(14-17)20(25)16-6-8-18(22)9-7-16/h3,5-9,12,17H,2,4,10-11,13-15H2,1H3. The molecule has 2 heterocycles. The van der Waals surface area contributed by atoms with E-state index in [0.29, 0.717) is 44.1 Å². The highest BCUT2D eigenvalue weighted by Crippen LogP contribution is 2.22. The van der Waals surface area contributed by atoms with E-state index in [1.165, 1.54) is 24.3 Å². The number of hydrogen-bond donors (Lipinski definition) is 0. The maximum atomic E-state index is 13.1. The van der Waals surface area contributed by atoms with Crippen LogP contribution in [0.2, 0.25) is 0 Å². The molecule has 1 unspecified atom stereocenters. The SMILES string of the molecule is COCCN(Cc1ccco1)C(=O)C1CCCN(C(=O)c2ccc(F)cc2)C1. The van der Waals surface area contributed by atoms with Crippen molar-refractivity contribution in [1.82, 2.24) is 9.80 Å². The Bertz CT molecular complexity index is 776. The largest absolute Gasteiger partial charge is 0.467 e. The summed E-state index contributed by atoms with van der Waals surface area (Å²) >= 11 is 0. The zero-order valence-corrected chi connectivity index (χ0v) is 16.0. The third-order valence-electron chi connectivity index (χ3n) is 4.95. The smallest absolute Gasteiger partial charge is 0.253 e. The van der Waals surface area contributed by atoms with Gasteiger partial charge in [-0.3, -0.25) is 9.59 Å². The predicted octanol–water partition coefficient (Wildman–Crippen LogP) is 2.95. The molecule has 1 aliphatic rings. The monoisotopic (exact) mass is 388 g/mol. The highest BCUT2D eigenvalue weighted by molar-refractivity contribution is 5.94. The van der Waals surface area contributed by atoms with Gasteiger partial charge in [0.2, 0.25) is 5.91 Å². The molecule has 1 aromatic heterocycles. The van der Waals surface area contributed by atoms with Gasteiger partial charge in [-0.15, -0.1) is 0 Å². The van der Waals surface area contributed by atoms with E-state index in [1.54, 1.807) is 29.2 Å². The Labute approximate surface area is 163 Å². The lowest BCUT2D eigenvalue weighted by atomic mass is 9.95. The molecule has 0 aliphatic carbocycles. The summed E-state index contributed by atoms with van der Waals surface area (Å²) in [5, 5.41) is 0. The number of carbonyl (C=O) groups is 2. The van der Waals surface area contributed by atoms with Crippen LogP contribution in [0.25, 0.3) is 0 Å². The predicted molar refractivity (Wildman–Crippen MR) is 101 cm³/mol. The van der Waals surface area contributed by atoms with Crippen LogP contribution in [0.3, 0.4) is 0 Å². The van der Waals surface area contributed by atoms with Crippen molar-refractivity contribution in [3.8, 4) is 0 Å². The fourth-order valence-electron chi connectivity index (χ4n) is 3.46. The third-order valence-corrected chi connectivity index (χ3v) is 4.95. The van der Waals surface area contributed by atoms with Crippen LogP contribution in [0.4, 0.5) is 4.39 Å². The van der Waals surface area contributed by atoms with Gasteiger partial charge in [-0.2, -0.15) is 0 Å². The number of nitrogens with zero attached hydrogens (tertiary/aromatic N) is 2. The molecule has 0 spiro atoms. The summed E-state index contributed by atoms with van der Waals surface area (Å²) in [5.41, 5.74) is 0.432. The lowest BCUT2D eigenvalue weighted by molar-refractivity contribution is -0.138. The maximum absolute atomic E-state index is 13.1. The van der Waals surface area contributed by atoms with Crippen LogP contribution in [0, 0.1) is 11.7 Å². The maximum Gasteiger partial charge on any atom is 0.253 e. The molecule has 0 N–H and O–H groups in total. The number of ether oxygens (including phenoxy) is 1. The van der Waals surface area contributed by atoms with Gasteiger partial charge in [0.15, 0.2) is 0 Å². The molecule has 1 aliphatic heterocycles. The van der Waals surface area contributed by atoms with Gasteiger partial charge in [0.25, 0.3) is 5.91 Å². The van der Waals surface area contributed by atoms with Gasteiger partial charge in [-0.25, -0.2) is 4.39 Å². The average Bonchev–Trinajstić information content (AvgIpc) is 3.24. The van der Waals surface area contributed by atoms with Crippen molar-refractivity contribution < 1.29 is 23.1 Å². The van der Waals surface area contributed by atoms with E-state index in [2.05, 4.69) is 0 Å². The van der Waals surface area contributed by atoms with Crippen LogP contribution in [-0.4, -0.2) is 55.0 Å². The first-order valence-electron chi connectivity index (χ1n) is 9.43. The highest BCUT2D eigenvalue weighted by atomic mass is 19.1. The van der Waals surface area contributed by atoms with E-state index in [0.717, 1.165) is 12.8 Å². The molecule has 6 nitrogen and oxygen atoms in total. The molecule has 0 radical (unpaired) electrons. The van der Waals surface area contributed by atoms with Gasteiger partial charge in [0.1, 0.15) is 11.6 Å². The van der Waals surface area contributed by atoms with Gasteiger partial charge in [0.05, 0.1) is 25.3 Å². The first kappa shape index (κ1) is 20.1. The van der Waals surface area contributed by atoms with Crippen LogP contribution < -0.4 is 0 Å². The molecule has 2 aromatic rings. The average molecular weight is 388 g/mol. The second-order valence-corrected chi connectivity index (χ2v) is 6.93. The number of amides is 2. The zero-order chi connectivity index (χ0) is 19.9. The number of benzene rings is 1. The Balaban J connectivity index is 1.67. The number of halogens is 1. The Hall–Kier alpha value is -2.67. The molecule has 28 heavy (non-hydrogen) atoms. The molecule has 3 rings (SSSR count). The molecule has 1 aromatic carbocycles.